The quantitative estimate of drug-likeness (QED) is 0.769. The molecule has 1 rings (SSSR count). The molecule has 5 heteroatoms. The molecule has 0 amide bonds. The topological polar surface area (TPSA) is 75.1 Å². The number of carbonyl (C=O) groups is 1. The molecule has 0 unspecified atom stereocenters. The highest BCUT2D eigenvalue weighted by Gasteiger charge is 2.08. The minimum Gasteiger partial charge on any atom is -0.477 e. The summed E-state index contributed by atoms with van der Waals surface area (Å²) in [5.74, 6) is 0.112. The van der Waals surface area contributed by atoms with Gasteiger partial charge in [-0.05, 0) is 6.42 Å². The van der Waals surface area contributed by atoms with Crippen LogP contribution in [0.1, 0.15) is 36.6 Å². The van der Waals surface area contributed by atoms with Crippen LogP contribution in [0.25, 0.3) is 0 Å². The van der Waals surface area contributed by atoms with Crippen LogP contribution < -0.4 is 5.32 Å². The maximum atomic E-state index is 10.8. The molecule has 0 aromatic carbocycles. The molecular formula is C10H15N3O2. The van der Waals surface area contributed by atoms with Gasteiger partial charge in [0.1, 0.15) is 11.6 Å². The Hall–Kier alpha value is -1.65. The molecule has 5 nitrogen and oxygen atoms in total. The summed E-state index contributed by atoms with van der Waals surface area (Å²) in [5, 5.41) is 11.9. The van der Waals surface area contributed by atoms with Gasteiger partial charge in [-0.25, -0.2) is 14.8 Å². The molecule has 2 N–H and O–H groups in total. The first-order chi connectivity index (χ1) is 7.17. The lowest BCUT2D eigenvalue weighted by Crippen LogP contribution is -2.09. The molecule has 0 saturated carbocycles. The number of aryl methyl sites for hydroxylation is 1. The molecule has 1 heterocycles. The summed E-state index contributed by atoms with van der Waals surface area (Å²) in [6.07, 6.45) is 1.59. The lowest BCUT2D eigenvalue weighted by atomic mass is 10.3. The highest BCUT2D eigenvalue weighted by Crippen LogP contribution is 2.07. The third-order valence-electron chi connectivity index (χ3n) is 1.86. The van der Waals surface area contributed by atoms with Crippen molar-refractivity contribution in [2.45, 2.75) is 26.7 Å². The second-order valence-corrected chi connectivity index (χ2v) is 3.14. The van der Waals surface area contributed by atoms with Crippen LogP contribution in [0.15, 0.2) is 6.07 Å². The number of rotatable bonds is 5. The summed E-state index contributed by atoms with van der Waals surface area (Å²) in [7, 11) is 0. The van der Waals surface area contributed by atoms with E-state index in [2.05, 4.69) is 15.3 Å². The van der Waals surface area contributed by atoms with Gasteiger partial charge in [-0.15, -0.1) is 0 Å². The molecule has 0 spiro atoms. The van der Waals surface area contributed by atoms with Gasteiger partial charge in [0.25, 0.3) is 0 Å². The molecule has 0 atom stereocenters. The number of hydrogen-bond acceptors (Lipinski definition) is 4. The Kier molecular flexibility index (Phi) is 4.03. The van der Waals surface area contributed by atoms with Crippen molar-refractivity contribution in [2.24, 2.45) is 0 Å². The van der Waals surface area contributed by atoms with E-state index in [4.69, 9.17) is 5.11 Å². The van der Waals surface area contributed by atoms with E-state index < -0.39 is 5.97 Å². The van der Waals surface area contributed by atoms with Gasteiger partial charge in [-0.3, -0.25) is 0 Å². The minimum absolute atomic E-state index is 0.0421. The fourth-order valence-electron chi connectivity index (χ4n) is 1.11. The average molecular weight is 209 g/mol. The normalized spacial score (nSPS) is 10.0. The number of nitrogens with zero attached hydrogens (tertiary/aromatic N) is 2. The fourth-order valence-corrected chi connectivity index (χ4v) is 1.11. The van der Waals surface area contributed by atoms with E-state index in [0.29, 0.717) is 18.1 Å². The molecule has 0 saturated heterocycles. The van der Waals surface area contributed by atoms with Crippen molar-refractivity contribution in [3.63, 3.8) is 0 Å². The van der Waals surface area contributed by atoms with Crippen LogP contribution in [0.2, 0.25) is 0 Å². The van der Waals surface area contributed by atoms with E-state index >= 15 is 0 Å². The monoisotopic (exact) mass is 209 g/mol. The molecule has 0 fully saturated rings. The number of hydrogen-bond donors (Lipinski definition) is 2. The molecular weight excluding hydrogens is 194 g/mol. The standard InChI is InChI=1S/C10H15N3O2/c1-3-5-11-9-6-7(10(14)15)12-8(4-2)13-9/h6H,3-5H2,1-2H3,(H,14,15)(H,11,12,13). The largest absolute Gasteiger partial charge is 0.477 e. The van der Waals surface area contributed by atoms with Gasteiger partial charge in [0, 0.05) is 19.0 Å². The number of aromatic carboxylic acids is 1. The Morgan fingerprint density at radius 2 is 2.20 bits per heavy atom. The summed E-state index contributed by atoms with van der Waals surface area (Å²) >= 11 is 0. The number of aromatic nitrogens is 2. The van der Waals surface area contributed by atoms with Gasteiger partial charge < -0.3 is 10.4 Å². The van der Waals surface area contributed by atoms with Crippen molar-refractivity contribution in [3.05, 3.63) is 17.6 Å². The first-order valence-corrected chi connectivity index (χ1v) is 5.02. The van der Waals surface area contributed by atoms with E-state index in [1.54, 1.807) is 0 Å². The lowest BCUT2D eigenvalue weighted by Gasteiger charge is -2.06. The molecule has 1 aromatic heterocycles. The van der Waals surface area contributed by atoms with Crippen molar-refractivity contribution in [1.29, 1.82) is 0 Å². The SMILES string of the molecule is CCCNc1cc(C(=O)O)nc(CC)n1. The van der Waals surface area contributed by atoms with Crippen LogP contribution in [0.4, 0.5) is 5.82 Å². The van der Waals surface area contributed by atoms with E-state index in [9.17, 15) is 4.79 Å². The molecule has 82 valence electrons. The second kappa shape index (κ2) is 5.29. The van der Waals surface area contributed by atoms with Crippen LogP contribution in [0, 0.1) is 0 Å². The highest BCUT2D eigenvalue weighted by molar-refractivity contribution is 5.86. The van der Waals surface area contributed by atoms with E-state index in [0.717, 1.165) is 13.0 Å². The number of nitrogens with one attached hydrogen (secondary N) is 1. The lowest BCUT2D eigenvalue weighted by molar-refractivity contribution is 0.0690. The van der Waals surface area contributed by atoms with Crippen LogP contribution in [0.5, 0.6) is 0 Å². The van der Waals surface area contributed by atoms with Crippen LogP contribution >= 0.6 is 0 Å². The van der Waals surface area contributed by atoms with Gasteiger partial charge >= 0.3 is 5.97 Å². The number of carboxylic acids is 1. The fraction of sp³-hybridized carbons (Fsp3) is 0.500. The Morgan fingerprint density at radius 1 is 1.47 bits per heavy atom. The van der Waals surface area contributed by atoms with Gasteiger partial charge in [-0.2, -0.15) is 0 Å². The summed E-state index contributed by atoms with van der Waals surface area (Å²) in [4.78, 5) is 18.9. The molecule has 0 aliphatic heterocycles. The maximum Gasteiger partial charge on any atom is 0.354 e. The summed E-state index contributed by atoms with van der Waals surface area (Å²) in [6.45, 7) is 4.71. The minimum atomic E-state index is -1.02. The van der Waals surface area contributed by atoms with E-state index in [1.807, 2.05) is 13.8 Å². The number of anilines is 1. The van der Waals surface area contributed by atoms with Crippen molar-refractivity contribution in [2.75, 3.05) is 11.9 Å². The number of carboxylic acid groups (broad SMARTS) is 1. The maximum absolute atomic E-state index is 10.8. The van der Waals surface area contributed by atoms with Gasteiger partial charge in [0.2, 0.25) is 0 Å². The first-order valence-electron chi connectivity index (χ1n) is 5.02. The van der Waals surface area contributed by atoms with Crippen molar-refractivity contribution < 1.29 is 9.90 Å². The van der Waals surface area contributed by atoms with E-state index in [1.165, 1.54) is 6.07 Å². The van der Waals surface area contributed by atoms with Crippen LogP contribution in [-0.4, -0.2) is 27.6 Å². The van der Waals surface area contributed by atoms with Gasteiger partial charge in [0.05, 0.1) is 0 Å². The summed E-state index contributed by atoms with van der Waals surface area (Å²) in [5.41, 5.74) is 0.0421. The predicted octanol–water partition coefficient (Wildman–Crippen LogP) is 1.56. The smallest absolute Gasteiger partial charge is 0.354 e. The zero-order valence-electron chi connectivity index (χ0n) is 8.95. The van der Waals surface area contributed by atoms with Crippen molar-refractivity contribution >= 4 is 11.8 Å². The summed E-state index contributed by atoms with van der Waals surface area (Å²) in [6, 6.07) is 1.46. The molecule has 0 aliphatic carbocycles. The predicted molar refractivity (Wildman–Crippen MR) is 57.2 cm³/mol. The average Bonchev–Trinajstić information content (AvgIpc) is 2.25. The molecule has 1 aromatic rings. The highest BCUT2D eigenvalue weighted by atomic mass is 16.4. The molecule has 0 aliphatic rings. The van der Waals surface area contributed by atoms with Crippen LogP contribution in [0.3, 0.4) is 0 Å². The zero-order valence-corrected chi connectivity index (χ0v) is 8.95. The van der Waals surface area contributed by atoms with Crippen LogP contribution in [-0.2, 0) is 6.42 Å². The van der Waals surface area contributed by atoms with E-state index in [-0.39, 0.29) is 5.69 Å². The Labute approximate surface area is 88.6 Å². The third-order valence-corrected chi connectivity index (χ3v) is 1.86. The zero-order chi connectivity index (χ0) is 11.3. The van der Waals surface area contributed by atoms with Gasteiger partial charge in [0.15, 0.2) is 5.69 Å². The Bertz CT molecular complexity index is 353. The third kappa shape index (κ3) is 3.19. The Morgan fingerprint density at radius 3 is 2.73 bits per heavy atom. The van der Waals surface area contributed by atoms with Crippen molar-refractivity contribution in [3.8, 4) is 0 Å². The first kappa shape index (κ1) is 11.4. The Balaban J connectivity index is 2.95. The molecule has 15 heavy (non-hydrogen) atoms. The molecule has 0 bridgehead atoms. The second-order valence-electron chi connectivity index (χ2n) is 3.14. The van der Waals surface area contributed by atoms with Gasteiger partial charge in [-0.1, -0.05) is 13.8 Å². The van der Waals surface area contributed by atoms with Crippen molar-refractivity contribution in [1.82, 2.24) is 9.97 Å². The molecule has 0 radical (unpaired) electrons. The summed E-state index contributed by atoms with van der Waals surface area (Å²) < 4.78 is 0.